The van der Waals surface area contributed by atoms with Crippen molar-refractivity contribution in [2.75, 3.05) is 5.32 Å². The third kappa shape index (κ3) is 4.32. The molecule has 8 heteroatoms. The molecule has 0 aliphatic heterocycles. The van der Waals surface area contributed by atoms with Gasteiger partial charge in [0.25, 0.3) is 0 Å². The van der Waals surface area contributed by atoms with Crippen LogP contribution in [-0.2, 0) is 11.2 Å². The van der Waals surface area contributed by atoms with Gasteiger partial charge in [-0.1, -0.05) is 44.2 Å². The fourth-order valence-electron chi connectivity index (χ4n) is 1.52. The van der Waals surface area contributed by atoms with Gasteiger partial charge in [0.05, 0.1) is 0 Å². The summed E-state index contributed by atoms with van der Waals surface area (Å²) in [5, 5.41) is 16.0. The van der Waals surface area contributed by atoms with E-state index in [2.05, 4.69) is 25.7 Å². The van der Waals surface area contributed by atoms with Gasteiger partial charge in [-0.25, -0.2) is 0 Å². The maximum atomic E-state index is 11.8. The van der Waals surface area contributed by atoms with Crippen LogP contribution in [0, 0.1) is 0 Å². The lowest BCUT2D eigenvalue weighted by Gasteiger charge is -1.98. The number of rotatable bonds is 6. The number of aryl methyl sites for hydroxylation is 1. The van der Waals surface area contributed by atoms with Crippen LogP contribution in [0.2, 0.25) is 0 Å². The Bertz CT molecular complexity index is 605. The zero-order valence-electron chi connectivity index (χ0n) is 12.6. The number of hydrogen-bond donors (Lipinski definition) is 1. The van der Waals surface area contributed by atoms with Crippen LogP contribution in [0.3, 0.4) is 0 Å². The summed E-state index contributed by atoms with van der Waals surface area (Å²) in [6.45, 7) is 8.05. The van der Waals surface area contributed by atoms with Crippen LogP contribution < -0.4 is 5.32 Å². The molecule has 0 atom stereocenters. The van der Waals surface area contributed by atoms with Crippen molar-refractivity contribution in [1.29, 1.82) is 0 Å². The van der Waals surface area contributed by atoms with Crippen LogP contribution in [0.1, 0.15) is 62.7 Å². The highest BCUT2D eigenvalue weighted by Gasteiger charge is 2.13. The Kier molecular flexibility index (Phi) is 5.00. The Hall–Kier alpha value is -1.83. The van der Waals surface area contributed by atoms with Crippen molar-refractivity contribution in [1.82, 2.24) is 20.3 Å². The predicted octanol–water partition coefficient (Wildman–Crippen LogP) is 2.74. The molecule has 0 saturated heterocycles. The summed E-state index contributed by atoms with van der Waals surface area (Å²) in [7, 11) is 0. The van der Waals surface area contributed by atoms with E-state index in [0.29, 0.717) is 29.2 Å². The first kappa shape index (κ1) is 15.6. The van der Waals surface area contributed by atoms with Gasteiger partial charge in [-0.2, -0.15) is 4.98 Å². The maximum absolute atomic E-state index is 11.8. The van der Waals surface area contributed by atoms with E-state index in [1.807, 2.05) is 27.7 Å². The molecule has 21 heavy (non-hydrogen) atoms. The average molecular weight is 309 g/mol. The third-order valence-electron chi connectivity index (χ3n) is 2.75. The van der Waals surface area contributed by atoms with Crippen molar-refractivity contribution in [2.24, 2.45) is 0 Å². The average Bonchev–Trinajstić information content (AvgIpc) is 3.05. The quantitative estimate of drug-likeness (QED) is 0.881. The monoisotopic (exact) mass is 309 g/mol. The van der Waals surface area contributed by atoms with E-state index in [-0.39, 0.29) is 18.2 Å². The summed E-state index contributed by atoms with van der Waals surface area (Å²) in [5.41, 5.74) is 0. The van der Waals surface area contributed by atoms with Crippen LogP contribution in [0.15, 0.2) is 4.52 Å². The van der Waals surface area contributed by atoms with Crippen molar-refractivity contribution >= 4 is 22.4 Å². The molecule has 7 nitrogen and oxygen atoms in total. The molecule has 0 aliphatic rings. The molecule has 1 N–H and O–H groups in total. The van der Waals surface area contributed by atoms with Crippen LogP contribution in [0.5, 0.6) is 0 Å². The minimum absolute atomic E-state index is 0.134. The van der Waals surface area contributed by atoms with Gasteiger partial charge >= 0.3 is 0 Å². The highest BCUT2D eigenvalue weighted by atomic mass is 32.1. The molecule has 0 unspecified atom stereocenters. The fraction of sp³-hybridized carbons (Fsp3) is 0.615. The van der Waals surface area contributed by atoms with Crippen LogP contribution >= 0.6 is 11.3 Å². The fourth-order valence-corrected chi connectivity index (χ4v) is 2.29. The summed E-state index contributed by atoms with van der Waals surface area (Å²) < 4.78 is 5.10. The molecule has 0 spiro atoms. The molecule has 0 saturated carbocycles. The molecule has 1 amide bonds. The van der Waals surface area contributed by atoms with E-state index in [9.17, 15) is 4.79 Å². The van der Waals surface area contributed by atoms with Crippen molar-refractivity contribution < 1.29 is 9.32 Å². The van der Waals surface area contributed by atoms with E-state index in [4.69, 9.17) is 4.52 Å². The Balaban J connectivity index is 1.83. The Morgan fingerprint density at radius 3 is 2.57 bits per heavy atom. The van der Waals surface area contributed by atoms with Crippen molar-refractivity contribution in [3.8, 4) is 0 Å². The second-order valence-corrected chi connectivity index (χ2v) is 6.36. The first-order valence-electron chi connectivity index (χ1n) is 6.91. The van der Waals surface area contributed by atoms with Gasteiger partial charge in [0.2, 0.25) is 16.9 Å². The Morgan fingerprint density at radius 2 is 2.00 bits per heavy atom. The lowest BCUT2D eigenvalue weighted by atomic mass is 10.2. The van der Waals surface area contributed by atoms with E-state index >= 15 is 0 Å². The first-order valence-corrected chi connectivity index (χ1v) is 7.73. The number of anilines is 1. The summed E-state index contributed by atoms with van der Waals surface area (Å²) in [6.07, 6.45) is 0.692. The lowest BCUT2D eigenvalue weighted by molar-refractivity contribution is -0.116. The molecule has 0 bridgehead atoms. The van der Waals surface area contributed by atoms with E-state index in [1.165, 1.54) is 11.3 Å². The van der Waals surface area contributed by atoms with E-state index in [0.717, 1.165) is 5.01 Å². The second kappa shape index (κ2) is 6.75. The van der Waals surface area contributed by atoms with Gasteiger partial charge in [-0.05, 0) is 0 Å². The van der Waals surface area contributed by atoms with Gasteiger partial charge < -0.3 is 9.84 Å². The van der Waals surface area contributed by atoms with E-state index < -0.39 is 0 Å². The molecule has 0 aromatic carbocycles. The Morgan fingerprint density at radius 1 is 1.24 bits per heavy atom. The molecule has 0 aliphatic carbocycles. The molecule has 2 aromatic heterocycles. The van der Waals surface area contributed by atoms with Crippen molar-refractivity contribution in [3.05, 3.63) is 16.7 Å². The number of aromatic nitrogens is 4. The smallest absolute Gasteiger partial charge is 0.227 e. The van der Waals surface area contributed by atoms with Gasteiger partial charge in [0.15, 0.2) is 5.82 Å². The number of nitrogens with one attached hydrogen (secondary N) is 1. The molecule has 0 fully saturated rings. The van der Waals surface area contributed by atoms with Crippen LogP contribution in [-0.4, -0.2) is 26.2 Å². The molecule has 2 heterocycles. The van der Waals surface area contributed by atoms with Gasteiger partial charge in [-0.3, -0.25) is 4.79 Å². The number of hydrogen-bond acceptors (Lipinski definition) is 7. The zero-order chi connectivity index (χ0) is 15.4. The number of carbonyl (C=O) groups excluding carboxylic acids is 1. The highest BCUT2D eigenvalue weighted by molar-refractivity contribution is 7.15. The summed E-state index contributed by atoms with van der Waals surface area (Å²) in [6, 6.07) is 0. The summed E-state index contributed by atoms with van der Waals surface area (Å²) in [5.74, 6) is 1.53. The predicted molar refractivity (Wildman–Crippen MR) is 79.3 cm³/mol. The zero-order valence-corrected chi connectivity index (χ0v) is 13.4. The first-order chi connectivity index (χ1) is 9.95. The third-order valence-corrected chi connectivity index (χ3v) is 3.89. The minimum Gasteiger partial charge on any atom is -0.339 e. The Labute approximate surface area is 127 Å². The van der Waals surface area contributed by atoms with Crippen molar-refractivity contribution in [2.45, 2.75) is 52.4 Å². The topological polar surface area (TPSA) is 93.8 Å². The van der Waals surface area contributed by atoms with Crippen LogP contribution in [0.25, 0.3) is 0 Å². The standard InChI is InChI=1S/C13H19N5O2S/c1-7(2)11-15-10(20-18-11)6-5-9(19)14-13-17-16-12(21-13)8(3)4/h7-8H,5-6H2,1-4H3,(H,14,17,19). The highest BCUT2D eigenvalue weighted by Crippen LogP contribution is 2.22. The van der Waals surface area contributed by atoms with Crippen molar-refractivity contribution in [3.63, 3.8) is 0 Å². The summed E-state index contributed by atoms with van der Waals surface area (Å²) >= 11 is 1.39. The molecule has 114 valence electrons. The number of nitrogens with zero attached hydrogens (tertiary/aromatic N) is 4. The van der Waals surface area contributed by atoms with E-state index in [1.54, 1.807) is 0 Å². The SMILES string of the molecule is CC(C)c1noc(CCC(=O)Nc2nnc(C(C)C)s2)n1. The largest absolute Gasteiger partial charge is 0.339 e. The molecule has 0 radical (unpaired) electrons. The van der Waals surface area contributed by atoms with Gasteiger partial charge in [0.1, 0.15) is 5.01 Å². The van der Waals surface area contributed by atoms with Crippen LogP contribution in [0.4, 0.5) is 5.13 Å². The number of carbonyl (C=O) groups is 1. The van der Waals surface area contributed by atoms with Gasteiger partial charge in [-0.15, -0.1) is 10.2 Å². The molecular weight excluding hydrogens is 290 g/mol. The lowest BCUT2D eigenvalue weighted by Crippen LogP contribution is -2.12. The minimum atomic E-state index is -0.134. The van der Waals surface area contributed by atoms with Gasteiger partial charge in [0, 0.05) is 24.7 Å². The molecule has 2 aromatic rings. The number of amides is 1. The second-order valence-electron chi connectivity index (χ2n) is 5.35. The normalized spacial score (nSPS) is 11.3. The summed E-state index contributed by atoms with van der Waals surface area (Å²) in [4.78, 5) is 16.1. The molecule has 2 rings (SSSR count). The molecular formula is C13H19N5O2S. The maximum Gasteiger partial charge on any atom is 0.227 e.